The Bertz CT molecular complexity index is 648. The molecule has 0 aliphatic rings. The number of aromatic nitrogens is 2. The Kier molecular flexibility index (Phi) is 4.73. The lowest BCUT2D eigenvalue weighted by atomic mass is 10.3. The van der Waals surface area contributed by atoms with Crippen LogP contribution in [-0.2, 0) is 6.54 Å². The molecule has 102 valence electrons. The van der Waals surface area contributed by atoms with Gasteiger partial charge in [-0.05, 0) is 34.3 Å². The molecule has 0 fully saturated rings. The van der Waals surface area contributed by atoms with E-state index in [4.69, 9.17) is 0 Å². The van der Waals surface area contributed by atoms with Crippen LogP contribution in [0.3, 0.4) is 0 Å². The Morgan fingerprint density at radius 3 is 3.00 bits per heavy atom. The van der Waals surface area contributed by atoms with Gasteiger partial charge in [0.2, 0.25) is 0 Å². The summed E-state index contributed by atoms with van der Waals surface area (Å²) in [6.07, 6.45) is 1.51. The third kappa shape index (κ3) is 3.65. The summed E-state index contributed by atoms with van der Waals surface area (Å²) >= 11 is 4.81. The Labute approximate surface area is 122 Å². The van der Waals surface area contributed by atoms with Crippen molar-refractivity contribution in [3.63, 3.8) is 0 Å². The Morgan fingerprint density at radius 1 is 1.53 bits per heavy atom. The summed E-state index contributed by atoms with van der Waals surface area (Å²) in [5.41, 5.74) is -0.792. The first-order valence-corrected chi connectivity index (χ1v) is 7.51. The van der Waals surface area contributed by atoms with Crippen molar-refractivity contribution in [1.29, 1.82) is 0 Å². The molecule has 0 aliphatic carbocycles. The minimum absolute atomic E-state index is 0.252. The number of halogens is 1. The van der Waals surface area contributed by atoms with Crippen molar-refractivity contribution in [2.45, 2.75) is 19.5 Å². The molecular weight excluding hydrogens is 330 g/mol. The molecule has 5 nitrogen and oxygen atoms in total. The van der Waals surface area contributed by atoms with Crippen LogP contribution in [0.2, 0.25) is 0 Å². The van der Waals surface area contributed by atoms with Crippen molar-refractivity contribution in [3.8, 4) is 0 Å². The van der Waals surface area contributed by atoms with E-state index in [1.54, 1.807) is 11.3 Å². The van der Waals surface area contributed by atoms with Gasteiger partial charge in [0, 0.05) is 30.2 Å². The van der Waals surface area contributed by atoms with Gasteiger partial charge in [0.1, 0.15) is 0 Å². The molecule has 0 aliphatic heterocycles. The fourth-order valence-electron chi connectivity index (χ4n) is 1.69. The summed E-state index contributed by atoms with van der Waals surface area (Å²) in [4.78, 5) is 26.3. The third-order valence-corrected chi connectivity index (χ3v) is 4.36. The van der Waals surface area contributed by atoms with Gasteiger partial charge in [0.25, 0.3) is 5.56 Å². The largest absolute Gasteiger partial charge is 0.328 e. The van der Waals surface area contributed by atoms with Crippen molar-refractivity contribution >= 4 is 27.3 Å². The highest BCUT2D eigenvalue weighted by Crippen LogP contribution is 2.17. The van der Waals surface area contributed by atoms with E-state index < -0.39 is 11.2 Å². The smallest absolute Gasteiger partial charge is 0.308 e. The molecule has 2 rings (SSSR count). The molecule has 2 heterocycles. The van der Waals surface area contributed by atoms with Gasteiger partial charge in [-0.1, -0.05) is 6.07 Å². The topological polar surface area (TPSA) is 66.9 Å². The molecule has 0 saturated heterocycles. The summed E-state index contributed by atoms with van der Waals surface area (Å²) in [7, 11) is 0. The van der Waals surface area contributed by atoms with Gasteiger partial charge in [-0.2, -0.15) is 0 Å². The lowest BCUT2D eigenvalue weighted by Crippen LogP contribution is -2.33. The average Bonchev–Trinajstić information content (AvgIpc) is 2.89. The van der Waals surface area contributed by atoms with Crippen molar-refractivity contribution in [1.82, 2.24) is 14.9 Å². The Balaban J connectivity index is 1.95. The molecule has 0 radical (unpaired) electrons. The molecule has 1 atom stereocenters. The van der Waals surface area contributed by atoms with E-state index in [2.05, 4.69) is 39.2 Å². The van der Waals surface area contributed by atoms with Crippen molar-refractivity contribution in [3.05, 3.63) is 53.9 Å². The van der Waals surface area contributed by atoms with Crippen molar-refractivity contribution in [2.24, 2.45) is 0 Å². The predicted molar refractivity (Wildman–Crippen MR) is 79.8 cm³/mol. The first-order valence-electron chi connectivity index (χ1n) is 5.84. The fraction of sp³-hybridized carbons (Fsp3) is 0.333. The molecule has 0 amide bonds. The van der Waals surface area contributed by atoms with Gasteiger partial charge in [-0.3, -0.25) is 14.3 Å². The summed E-state index contributed by atoms with van der Waals surface area (Å²) in [5.74, 6) is 0. The molecule has 0 spiro atoms. The summed E-state index contributed by atoms with van der Waals surface area (Å²) < 4.78 is 1.83. The van der Waals surface area contributed by atoms with Gasteiger partial charge in [0.15, 0.2) is 0 Å². The van der Waals surface area contributed by atoms with E-state index in [9.17, 15) is 9.59 Å². The van der Waals surface area contributed by atoms with Crippen LogP contribution in [0.5, 0.6) is 0 Å². The number of hydrogen-bond acceptors (Lipinski definition) is 4. The minimum Gasteiger partial charge on any atom is -0.308 e. The van der Waals surface area contributed by atoms with Gasteiger partial charge in [-0.25, -0.2) is 4.79 Å². The van der Waals surface area contributed by atoms with Crippen LogP contribution >= 0.6 is 27.3 Å². The summed E-state index contributed by atoms with van der Waals surface area (Å²) in [6.45, 7) is 3.23. The van der Waals surface area contributed by atoms with Crippen LogP contribution < -0.4 is 16.6 Å². The van der Waals surface area contributed by atoms with Gasteiger partial charge < -0.3 is 5.32 Å². The minimum atomic E-state index is -0.402. The number of thiophene rings is 1. The first-order chi connectivity index (χ1) is 9.08. The fourth-order valence-corrected chi connectivity index (χ4v) is 2.79. The van der Waals surface area contributed by atoms with Crippen LogP contribution in [0, 0.1) is 0 Å². The monoisotopic (exact) mass is 343 g/mol. The number of hydrogen-bond donors (Lipinski definition) is 2. The second-order valence-corrected chi connectivity index (χ2v) is 5.95. The maximum absolute atomic E-state index is 11.6. The molecule has 0 saturated carbocycles. The van der Waals surface area contributed by atoms with Gasteiger partial charge in [0.05, 0.1) is 4.47 Å². The SMILES string of the molecule is CC(NCCn1cc(Br)c(=O)[nH]c1=O)c1cccs1. The highest BCUT2D eigenvalue weighted by Gasteiger charge is 2.06. The molecule has 1 unspecified atom stereocenters. The van der Waals surface area contributed by atoms with Crippen LogP contribution in [0.1, 0.15) is 17.8 Å². The lowest BCUT2D eigenvalue weighted by molar-refractivity contribution is 0.523. The standard InChI is InChI=1S/C12H14BrN3O2S/c1-8(10-3-2-6-19-10)14-4-5-16-7-9(13)11(17)15-12(16)18/h2-3,6-8,14H,4-5H2,1H3,(H,15,17,18). The van der Waals surface area contributed by atoms with E-state index in [0.29, 0.717) is 17.6 Å². The molecule has 0 bridgehead atoms. The van der Waals surface area contributed by atoms with Crippen LogP contribution in [0.4, 0.5) is 0 Å². The number of H-pyrrole nitrogens is 1. The van der Waals surface area contributed by atoms with Gasteiger partial charge in [-0.15, -0.1) is 11.3 Å². The van der Waals surface area contributed by atoms with E-state index in [0.717, 1.165) is 0 Å². The van der Waals surface area contributed by atoms with E-state index in [-0.39, 0.29) is 6.04 Å². The number of nitrogens with one attached hydrogen (secondary N) is 2. The van der Waals surface area contributed by atoms with E-state index >= 15 is 0 Å². The second-order valence-electron chi connectivity index (χ2n) is 4.12. The predicted octanol–water partition coefficient (Wildman–Crippen LogP) is 1.71. The zero-order valence-corrected chi connectivity index (χ0v) is 12.8. The van der Waals surface area contributed by atoms with E-state index in [1.807, 2.05) is 11.4 Å². The normalized spacial score (nSPS) is 12.5. The zero-order valence-electron chi connectivity index (χ0n) is 10.4. The molecule has 2 aromatic heterocycles. The highest BCUT2D eigenvalue weighted by atomic mass is 79.9. The quantitative estimate of drug-likeness (QED) is 0.868. The molecule has 19 heavy (non-hydrogen) atoms. The highest BCUT2D eigenvalue weighted by molar-refractivity contribution is 9.10. The van der Waals surface area contributed by atoms with Crippen LogP contribution in [-0.4, -0.2) is 16.1 Å². The van der Waals surface area contributed by atoms with Crippen molar-refractivity contribution < 1.29 is 0 Å². The molecule has 7 heteroatoms. The van der Waals surface area contributed by atoms with E-state index in [1.165, 1.54) is 15.6 Å². The third-order valence-electron chi connectivity index (χ3n) is 2.74. The summed E-state index contributed by atoms with van der Waals surface area (Å²) in [5, 5.41) is 5.38. The maximum Gasteiger partial charge on any atom is 0.328 e. The number of rotatable bonds is 5. The van der Waals surface area contributed by atoms with Crippen LogP contribution in [0.15, 0.2) is 37.8 Å². The number of aromatic amines is 1. The number of nitrogens with zero attached hydrogens (tertiary/aromatic N) is 1. The van der Waals surface area contributed by atoms with Crippen molar-refractivity contribution in [2.75, 3.05) is 6.54 Å². The lowest BCUT2D eigenvalue weighted by Gasteiger charge is -2.12. The molecule has 2 N–H and O–H groups in total. The molecule has 0 aromatic carbocycles. The van der Waals surface area contributed by atoms with Crippen LogP contribution in [0.25, 0.3) is 0 Å². The molecule has 2 aromatic rings. The maximum atomic E-state index is 11.6. The zero-order chi connectivity index (χ0) is 13.8. The second kappa shape index (κ2) is 6.31. The Morgan fingerprint density at radius 2 is 2.32 bits per heavy atom. The van der Waals surface area contributed by atoms with Gasteiger partial charge >= 0.3 is 5.69 Å². The first kappa shape index (κ1) is 14.2. The summed E-state index contributed by atoms with van der Waals surface area (Å²) in [6, 6.07) is 4.34. The Hall–Kier alpha value is -1.18. The average molecular weight is 344 g/mol. The molecular formula is C12H14BrN3O2S.